The molecule has 1 N–H and O–H groups in total. The number of piperidine rings is 1. The maximum Gasteiger partial charge on any atom is 0.348 e. The Morgan fingerprint density at radius 1 is 1.03 bits per heavy atom. The van der Waals surface area contributed by atoms with Gasteiger partial charge in [0, 0.05) is 17.2 Å². The fraction of sp³-hybridized carbons (Fsp3) is 0.385. The molecule has 0 spiro atoms. The minimum absolute atomic E-state index is 0.554. The van der Waals surface area contributed by atoms with Crippen molar-refractivity contribution in [3.63, 3.8) is 0 Å². The highest BCUT2D eigenvalue weighted by molar-refractivity contribution is 5.96. The van der Waals surface area contributed by atoms with Crippen molar-refractivity contribution in [3.05, 3.63) is 77.7 Å². The van der Waals surface area contributed by atoms with Gasteiger partial charge in [-0.15, -0.1) is 0 Å². The first kappa shape index (κ1) is 20.9. The van der Waals surface area contributed by atoms with E-state index >= 15 is 0 Å². The highest BCUT2D eigenvalue weighted by Gasteiger charge is 2.49. The monoisotopic (exact) mass is 432 g/mol. The average Bonchev–Trinajstić information content (AvgIpc) is 3.46. The Balaban J connectivity index is 1.37. The van der Waals surface area contributed by atoms with E-state index in [4.69, 9.17) is 9.26 Å². The summed E-state index contributed by atoms with van der Waals surface area (Å²) < 4.78 is 11.0. The fourth-order valence-electron chi connectivity index (χ4n) is 4.98. The molecule has 0 saturated carbocycles. The molecule has 1 aliphatic heterocycles. The van der Waals surface area contributed by atoms with Crippen molar-refractivity contribution in [3.8, 4) is 11.1 Å². The standard InChI is InChI=1S/C26H28N2O4/c29-25(26(30)21-11-4-2-9-19(21)20-10-3-5-12-22(20)26)32-24(23-14-18-31-27-23)13-8-17-28-15-6-1-7-16-28/h2-5,9-12,14,18,24,30H,1,6-8,13,15-17H2/t24-/m1/s1. The molecular formula is C26H28N2O4. The zero-order valence-electron chi connectivity index (χ0n) is 18.1. The SMILES string of the molecule is O=C(O[C@H](CCCN1CCCCC1)c1ccon1)C1(O)c2ccccc2-c2ccccc21. The average molecular weight is 433 g/mol. The van der Waals surface area contributed by atoms with E-state index in [1.807, 2.05) is 36.4 Å². The van der Waals surface area contributed by atoms with Crippen LogP contribution in [-0.4, -0.2) is 40.8 Å². The van der Waals surface area contributed by atoms with Crippen LogP contribution in [0, 0.1) is 0 Å². The summed E-state index contributed by atoms with van der Waals surface area (Å²) in [5.74, 6) is -0.680. The number of aliphatic hydroxyl groups is 1. The number of aromatic nitrogens is 1. The van der Waals surface area contributed by atoms with Crippen LogP contribution in [0.4, 0.5) is 0 Å². The minimum atomic E-state index is -1.85. The molecule has 32 heavy (non-hydrogen) atoms. The molecule has 0 radical (unpaired) electrons. The lowest BCUT2D eigenvalue weighted by Gasteiger charge is -2.28. The number of carbonyl (C=O) groups excluding carboxylic acids is 1. The maximum atomic E-state index is 13.5. The van der Waals surface area contributed by atoms with Gasteiger partial charge in [0.1, 0.15) is 18.1 Å². The molecule has 1 fully saturated rings. The van der Waals surface area contributed by atoms with E-state index in [0.717, 1.165) is 37.2 Å². The minimum Gasteiger partial charge on any atom is -0.453 e. The van der Waals surface area contributed by atoms with Gasteiger partial charge in [-0.2, -0.15) is 0 Å². The third kappa shape index (κ3) is 3.74. The van der Waals surface area contributed by atoms with E-state index in [9.17, 15) is 9.90 Å². The largest absolute Gasteiger partial charge is 0.453 e. The van der Waals surface area contributed by atoms with Crippen LogP contribution in [-0.2, 0) is 15.1 Å². The van der Waals surface area contributed by atoms with Gasteiger partial charge in [-0.25, -0.2) is 4.79 Å². The molecule has 1 saturated heterocycles. The van der Waals surface area contributed by atoms with Gasteiger partial charge < -0.3 is 19.3 Å². The Labute approximate surface area is 187 Å². The normalized spacial score (nSPS) is 18.0. The summed E-state index contributed by atoms with van der Waals surface area (Å²) in [4.78, 5) is 16.0. The number of carbonyl (C=O) groups is 1. The molecule has 1 atom stereocenters. The van der Waals surface area contributed by atoms with Crippen LogP contribution in [0.3, 0.4) is 0 Å². The van der Waals surface area contributed by atoms with E-state index < -0.39 is 17.7 Å². The van der Waals surface area contributed by atoms with Crippen LogP contribution >= 0.6 is 0 Å². The van der Waals surface area contributed by atoms with Crippen molar-refractivity contribution in [1.82, 2.24) is 10.1 Å². The number of esters is 1. The van der Waals surface area contributed by atoms with E-state index in [2.05, 4.69) is 10.1 Å². The molecule has 2 heterocycles. The van der Waals surface area contributed by atoms with Crippen LogP contribution in [0.2, 0.25) is 0 Å². The van der Waals surface area contributed by atoms with Crippen molar-refractivity contribution in [2.75, 3.05) is 19.6 Å². The topological polar surface area (TPSA) is 75.8 Å². The Kier molecular flexibility index (Phi) is 5.81. The highest BCUT2D eigenvalue weighted by atomic mass is 16.6. The third-order valence-corrected chi connectivity index (χ3v) is 6.65. The first-order chi connectivity index (χ1) is 15.7. The van der Waals surface area contributed by atoms with E-state index in [-0.39, 0.29) is 0 Å². The Morgan fingerprint density at radius 3 is 2.31 bits per heavy atom. The zero-order valence-corrected chi connectivity index (χ0v) is 18.1. The number of rotatable bonds is 7. The predicted molar refractivity (Wildman–Crippen MR) is 120 cm³/mol. The second kappa shape index (κ2) is 8.88. The second-order valence-electron chi connectivity index (χ2n) is 8.66. The summed E-state index contributed by atoms with van der Waals surface area (Å²) in [6.45, 7) is 3.21. The van der Waals surface area contributed by atoms with E-state index in [1.54, 1.807) is 18.2 Å². The van der Waals surface area contributed by atoms with Crippen LogP contribution in [0.1, 0.15) is 55.0 Å². The fourth-order valence-corrected chi connectivity index (χ4v) is 4.98. The first-order valence-corrected chi connectivity index (χ1v) is 11.4. The summed E-state index contributed by atoms with van der Waals surface area (Å²) in [6.07, 6.45) is 6.19. The predicted octanol–water partition coefficient (Wildman–Crippen LogP) is 4.44. The summed E-state index contributed by atoms with van der Waals surface area (Å²) in [7, 11) is 0. The number of benzene rings is 2. The summed E-state index contributed by atoms with van der Waals surface area (Å²) in [6, 6.07) is 16.6. The van der Waals surface area contributed by atoms with Gasteiger partial charge in [-0.05, 0) is 56.4 Å². The zero-order chi connectivity index (χ0) is 22.0. The lowest BCUT2D eigenvalue weighted by molar-refractivity contribution is -0.168. The molecule has 1 aromatic heterocycles. The number of hydrogen-bond donors (Lipinski definition) is 1. The number of nitrogens with zero attached hydrogens (tertiary/aromatic N) is 2. The molecule has 6 nitrogen and oxygen atoms in total. The van der Waals surface area contributed by atoms with Crippen molar-refractivity contribution >= 4 is 5.97 Å². The molecule has 3 aromatic rings. The Morgan fingerprint density at radius 2 is 1.69 bits per heavy atom. The molecular weight excluding hydrogens is 404 g/mol. The lowest BCUT2D eigenvalue weighted by Crippen LogP contribution is -2.37. The highest BCUT2D eigenvalue weighted by Crippen LogP contribution is 2.48. The number of ether oxygens (including phenoxy) is 1. The molecule has 5 rings (SSSR count). The third-order valence-electron chi connectivity index (χ3n) is 6.65. The molecule has 2 aromatic carbocycles. The van der Waals surface area contributed by atoms with E-state index in [0.29, 0.717) is 23.2 Å². The molecule has 0 unspecified atom stereocenters. The number of hydrogen-bond acceptors (Lipinski definition) is 6. The number of likely N-dealkylation sites (tertiary alicyclic amines) is 1. The second-order valence-corrected chi connectivity index (χ2v) is 8.66. The van der Waals surface area contributed by atoms with Crippen molar-refractivity contribution in [2.45, 2.75) is 43.8 Å². The summed E-state index contributed by atoms with van der Waals surface area (Å²) in [5, 5.41) is 15.7. The van der Waals surface area contributed by atoms with Crippen molar-refractivity contribution in [1.29, 1.82) is 0 Å². The lowest BCUT2D eigenvalue weighted by atomic mass is 9.91. The van der Waals surface area contributed by atoms with E-state index in [1.165, 1.54) is 25.5 Å². The van der Waals surface area contributed by atoms with Gasteiger partial charge in [0.25, 0.3) is 0 Å². The quantitative estimate of drug-likeness (QED) is 0.556. The van der Waals surface area contributed by atoms with Crippen LogP contribution in [0.15, 0.2) is 65.4 Å². The van der Waals surface area contributed by atoms with Crippen LogP contribution in [0.5, 0.6) is 0 Å². The maximum absolute atomic E-state index is 13.5. The van der Waals surface area contributed by atoms with Crippen molar-refractivity contribution < 1.29 is 19.2 Å². The van der Waals surface area contributed by atoms with Crippen LogP contribution in [0.25, 0.3) is 11.1 Å². The molecule has 2 aliphatic rings. The van der Waals surface area contributed by atoms with Gasteiger partial charge in [0.15, 0.2) is 0 Å². The number of fused-ring (bicyclic) bond motifs is 3. The van der Waals surface area contributed by atoms with Crippen LogP contribution < -0.4 is 0 Å². The molecule has 6 heteroatoms. The van der Waals surface area contributed by atoms with Gasteiger partial charge in [-0.1, -0.05) is 60.1 Å². The van der Waals surface area contributed by atoms with Gasteiger partial charge >= 0.3 is 5.97 Å². The molecule has 0 amide bonds. The van der Waals surface area contributed by atoms with Gasteiger partial charge in [0.2, 0.25) is 5.60 Å². The molecule has 0 bridgehead atoms. The molecule has 1 aliphatic carbocycles. The summed E-state index contributed by atoms with van der Waals surface area (Å²) >= 11 is 0. The van der Waals surface area contributed by atoms with Gasteiger partial charge in [0.05, 0.1) is 0 Å². The Hall–Kier alpha value is -2.96. The van der Waals surface area contributed by atoms with Crippen molar-refractivity contribution in [2.24, 2.45) is 0 Å². The smallest absolute Gasteiger partial charge is 0.348 e. The summed E-state index contributed by atoms with van der Waals surface area (Å²) in [5.41, 5.74) is 1.54. The molecule has 166 valence electrons. The van der Waals surface area contributed by atoms with Gasteiger partial charge in [-0.3, -0.25) is 0 Å². The Bertz CT molecular complexity index is 1030. The first-order valence-electron chi connectivity index (χ1n) is 11.4.